The van der Waals surface area contributed by atoms with E-state index in [9.17, 15) is 5.11 Å². The summed E-state index contributed by atoms with van der Waals surface area (Å²) >= 11 is 0. The second-order valence-electron chi connectivity index (χ2n) is 3.68. The average molecular weight is 198 g/mol. The zero-order valence-corrected chi connectivity index (χ0v) is 8.91. The Balaban J connectivity index is 3.10. The van der Waals surface area contributed by atoms with Crippen LogP contribution in [0.25, 0.3) is 0 Å². The molecular weight excluding hydrogens is 176 g/mol. The van der Waals surface area contributed by atoms with E-state index < -0.39 is 0 Å². The van der Waals surface area contributed by atoms with Crippen LogP contribution in [0.15, 0.2) is 0 Å². The highest BCUT2D eigenvalue weighted by Crippen LogP contribution is 2.10. The Morgan fingerprint density at radius 1 is 1.00 bits per heavy atom. The van der Waals surface area contributed by atoms with Gasteiger partial charge in [0.15, 0.2) is 0 Å². The van der Waals surface area contributed by atoms with Crippen molar-refractivity contribution in [3.63, 3.8) is 0 Å². The fourth-order valence-electron chi connectivity index (χ4n) is 1.43. The van der Waals surface area contributed by atoms with Crippen LogP contribution >= 0.6 is 0 Å². The summed E-state index contributed by atoms with van der Waals surface area (Å²) < 4.78 is 0. The minimum atomic E-state index is -0.183. The van der Waals surface area contributed by atoms with Gasteiger partial charge in [0.1, 0.15) is 0 Å². The number of hydrogen-bond donors (Lipinski definition) is 2. The molecule has 82 valence electrons. The molecule has 0 amide bonds. The van der Waals surface area contributed by atoms with E-state index in [2.05, 4.69) is 5.92 Å². The van der Waals surface area contributed by atoms with Gasteiger partial charge < -0.3 is 10.2 Å². The monoisotopic (exact) mass is 198 g/mol. The third-order valence-corrected chi connectivity index (χ3v) is 2.30. The van der Waals surface area contributed by atoms with Gasteiger partial charge in [0.05, 0.1) is 6.10 Å². The summed E-state index contributed by atoms with van der Waals surface area (Å²) in [6.07, 6.45) is 12.4. The molecule has 2 nitrogen and oxygen atoms in total. The first kappa shape index (κ1) is 13.5. The largest absolute Gasteiger partial charge is 0.396 e. The third-order valence-electron chi connectivity index (χ3n) is 2.30. The second kappa shape index (κ2) is 10.6. The van der Waals surface area contributed by atoms with Crippen LogP contribution in [-0.4, -0.2) is 22.9 Å². The van der Waals surface area contributed by atoms with Crippen LogP contribution in [0.4, 0.5) is 0 Å². The lowest BCUT2D eigenvalue weighted by molar-refractivity contribution is 0.148. The summed E-state index contributed by atoms with van der Waals surface area (Å²) in [5, 5.41) is 18.1. The van der Waals surface area contributed by atoms with Crippen LogP contribution in [0.1, 0.15) is 51.4 Å². The molecular formula is C12H22O2. The predicted molar refractivity (Wildman–Crippen MR) is 58.9 cm³/mol. The minimum Gasteiger partial charge on any atom is -0.396 e. The number of rotatable bonds is 9. The van der Waals surface area contributed by atoms with E-state index in [0.717, 1.165) is 51.4 Å². The molecule has 1 unspecified atom stereocenters. The van der Waals surface area contributed by atoms with Crippen molar-refractivity contribution in [2.75, 3.05) is 6.61 Å². The lowest BCUT2D eigenvalue weighted by atomic mass is 10.0. The summed E-state index contributed by atoms with van der Waals surface area (Å²) in [4.78, 5) is 0. The Bertz CT molecular complexity index is 149. The van der Waals surface area contributed by atoms with Crippen LogP contribution in [0, 0.1) is 12.3 Å². The zero-order chi connectivity index (χ0) is 10.6. The van der Waals surface area contributed by atoms with Crippen LogP contribution in [-0.2, 0) is 0 Å². The Morgan fingerprint density at radius 3 is 2.29 bits per heavy atom. The van der Waals surface area contributed by atoms with Gasteiger partial charge in [-0.15, -0.1) is 12.3 Å². The topological polar surface area (TPSA) is 40.5 Å². The highest BCUT2D eigenvalue weighted by atomic mass is 16.3. The van der Waals surface area contributed by atoms with Gasteiger partial charge in [-0.3, -0.25) is 0 Å². The molecule has 0 aromatic rings. The molecule has 0 aliphatic heterocycles. The molecule has 14 heavy (non-hydrogen) atoms. The first-order valence-electron chi connectivity index (χ1n) is 5.53. The number of terminal acetylenes is 1. The molecule has 2 heteroatoms. The lowest BCUT2D eigenvalue weighted by Crippen LogP contribution is -2.05. The molecule has 0 aromatic carbocycles. The van der Waals surface area contributed by atoms with Crippen molar-refractivity contribution in [3.05, 3.63) is 0 Å². The number of aliphatic hydroxyl groups is 2. The van der Waals surface area contributed by atoms with E-state index in [0.29, 0.717) is 0 Å². The molecule has 0 spiro atoms. The maximum Gasteiger partial charge on any atom is 0.0540 e. The molecule has 0 fully saturated rings. The smallest absolute Gasteiger partial charge is 0.0540 e. The van der Waals surface area contributed by atoms with Crippen LogP contribution in [0.3, 0.4) is 0 Å². The van der Waals surface area contributed by atoms with E-state index >= 15 is 0 Å². The SMILES string of the molecule is C#CCCCC(O)CCCCCCO. The van der Waals surface area contributed by atoms with Crippen molar-refractivity contribution >= 4 is 0 Å². The zero-order valence-electron chi connectivity index (χ0n) is 8.91. The molecule has 0 aliphatic carbocycles. The maximum atomic E-state index is 9.51. The molecule has 0 saturated carbocycles. The van der Waals surface area contributed by atoms with E-state index in [1.165, 1.54) is 0 Å². The molecule has 0 bridgehead atoms. The summed E-state index contributed by atoms with van der Waals surface area (Å²) in [5.41, 5.74) is 0. The van der Waals surface area contributed by atoms with Gasteiger partial charge in [-0.25, -0.2) is 0 Å². The van der Waals surface area contributed by atoms with E-state index in [-0.39, 0.29) is 12.7 Å². The number of unbranched alkanes of at least 4 members (excludes halogenated alkanes) is 4. The van der Waals surface area contributed by atoms with Crippen molar-refractivity contribution in [2.45, 2.75) is 57.5 Å². The van der Waals surface area contributed by atoms with Crippen molar-refractivity contribution in [1.82, 2.24) is 0 Å². The Hall–Kier alpha value is -0.520. The van der Waals surface area contributed by atoms with Gasteiger partial charge in [-0.05, 0) is 25.7 Å². The fraction of sp³-hybridized carbons (Fsp3) is 0.833. The first-order valence-corrected chi connectivity index (χ1v) is 5.53. The van der Waals surface area contributed by atoms with Crippen LogP contribution in [0.2, 0.25) is 0 Å². The van der Waals surface area contributed by atoms with E-state index in [4.69, 9.17) is 11.5 Å². The van der Waals surface area contributed by atoms with E-state index in [1.807, 2.05) is 0 Å². The summed E-state index contributed by atoms with van der Waals surface area (Å²) in [7, 11) is 0. The number of hydrogen-bond acceptors (Lipinski definition) is 2. The number of aliphatic hydroxyl groups excluding tert-OH is 2. The third kappa shape index (κ3) is 9.57. The maximum absolute atomic E-state index is 9.51. The van der Waals surface area contributed by atoms with Crippen LogP contribution < -0.4 is 0 Å². The minimum absolute atomic E-state index is 0.183. The highest BCUT2D eigenvalue weighted by molar-refractivity contribution is 4.83. The van der Waals surface area contributed by atoms with Crippen molar-refractivity contribution in [2.24, 2.45) is 0 Å². The van der Waals surface area contributed by atoms with Crippen molar-refractivity contribution < 1.29 is 10.2 Å². The van der Waals surface area contributed by atoms with Gasteiger partial charge in [-0.1, -0.05) is 19.3 Å². The van der Waals surface area contributed by atoms with Gasteiger partial charge >= 0.3 is 0 Å². The quantitative estimate of drug-likeness (QED) is 0.440. The lowest BCUT2D eigenvalue weighted by Gasteiger charge is -2.08. The molecule has 2 N–H and O–H groups in total. The predicted octanol–water partition coefficient (Wildman–Crippen LogP) is 2.09. The Labute approximate surface area is 87.3 Å². The second-order valence-corrected chi connectivity index (χ2v) is 3.68. The summed E-state index contributed by atoms with van der Waals surface area (Å²) in [6, 6.07) is 0. The summed E-state index contributed by atoms with van der Waals surface area (Å²) in [6.45, 7) is 0.282. The Morgan fingerprint density at radius 2 is 1.64 bits per heavy atom. The molecule has 0 aliphatic rings. The standard InChI is InChI=1S/C12H22O2/c1-2-3-6-9-12(14)10-7-4-5-8-11-13/h1,12-14H,3-11H2. The molecule has 0 rings (SSSR count). The fourth-order valence-corrected chi connectivity index (χ4v) is 1.43. The van der Waals surface area contributed by atoms with Gasteiger partial charge in [0, 0.05) is 13.0 Å². The normalized spacial score (nSPS) is 12.4. The van der Waals surface area contributed by atoms with Gasteiger partial charge in [0.25, 0.3) is 0 Å². The van der Waals surface area contributed by atoms with E-state index in [1.54, 1.807) is 0 Å². The van der Waals surface area contributed by atoms with Gasteiger partial charge in [0.2, 0.25) is 0 Å². The summed E-state index contributed by atoms with van der Waals surface area (Å²) in [5.74, 6) is 2.57. The molecule has 0 radical (unpaired) electrons. The van der Waals surface area contributed by atoms with Crippen molar-refractivity contribution in [3.8, 4) is 12.3 Å². The first-order chi connectivity index (χ1) is 6.81. The van der Waals surface area contributed by atoms with Crippen molar-refractivity contribution in [1.29, 1.82) is 0 Å². The van der Waals surface area contributed by atoms with Gasteiger partial charge in [-0.2, -0.15) is 0 Å². The molecule has 0 aromatic heterocycles. The Kier molecular flexibility index (Phi) is 10.2. The highest BCUT2D eigenvalue weighted by Gasteiger charge is 2.02. The molecule has 1 atom stereocenters. The van der Waals surface area contributed by atoms with Crippen LogP contribution in [0.5, 0.6) is 0 Å². The molecule has 0 saturated heterocycles. The average Bonchev–Trinajstić information content (AvgIpc) is 2.18. The molecule has 0 heterocycles.